The summed E-state index contributed by atoms with van der Waals surface area (Å²) in [5.74, 6) is -0.373. The summed E-state index contributed by atoms with van der Waals surface area (Å²) in [4.78, 5) is 30.2. The molecule has 2 atom stereocenters. The van der Waals surface area contributed by atoms with Crippen molar-refractivity contribution in [3.8, 4) is 0 Å². The van der Waals surface area contributed by atoms with Gasteiger partial charge < -0.3 is 15.0 Å². The monoisotopic (exact) mass is 517 g/mol. The Kier molecular flexibility index (Phi) is 7.91. The van der Waals surface area contributed by atoms with Crippen LogP contribution in [0.25, 0.3) is 11.0 Å². The van der Waals surface area contributed by atoms with Crippen LogP contribution in [0.2, 0.25) is 0 Å². The van der Waals surface area contributed by atoms with Gasteiger partial charge in [0.25, 0.3) is 0 Å². The van der Waals surface area contributed by atoms with Crippen LogP contribution in [-0.4, -0.2) is 57.5 Å². The highest BCUT2D eigenvalue weighted by Gasteiger charge is 2.34. The second kappa shape index (κ2) is 11.7. The van der Waals surface area contributed by atoms with Crippen molar-refractivity contribution < 1.29 is 14.3 Å². The first-order valence-corrected chi connectivity index (χ1v) is 13.5. The Bertz CT molecular complexity index is 1350. The Balaban J connectivity index is 1.44. The molecule has 4 aromatic rings. The molecule has 8 nitrogen and oxygen atoms in total. The van der Waals surface area contributed by atoms with Gasteiger partial charge in [0, 0.05) is 24.6 Å². The van der Waals surface area contributed by atoms with E-state index in [-0.39, 0.29) is 24.5 Å². The minimum Gasteiger partial charge on any atom is -0.376 e. The van der Waals surface area contributed by atoms with Crippen molar-refractivity contribution in [2.45, 2.75) is 44.9 Å². The van der Waals surface area contributed by atoms with Crippen molar-refractivity contribution in [2.24, 2.45) is 0 Å². The molecule has 3 heterocycles. The minimum absolute atomic E-state index is 0.00472. The van der Waals surface area contributed by atoms with Crippen LogP contribution >= 0.6 is 11.3 Å². The molecule has 0 aliphatic carbocycles. The predicted octanol–water partition coefficient (Wildman–Crippen LogP) is 3.91. The summed E-state index contributed by atoms with van der Waals surface area (Å²) in [7, 11) is 0. The van der Waals surface area contributed by atoms with Crippen molar-refractivity contribution in [3.63, 3.8) is 0 Å². The third kappa shape index (κ3) is 5.89. The number of aromatic nitrogens is 3. The molecule has 0 spiro atoms. The van der Waals surface area contributed by atoms with Gasteiger partial charge in [-0.05, 0) is 60.9 Å². The Morgan fingerprint density at radius 2 is 1.97 bits per heavy atom. The number of aryl methyl sites for hydroxylation is 1. The smallest absolute Gasteiger partial charge is 0.248 e. The third-order valence-corrected chi connectivity index (χ3v) is 7.82. The number of amides is 2. The summed E-state index contributed by atoms with van der Waals surface area (Å²) in [5, 5.41) is 13.5. The molecule has 1 fully saturated rings. The molecule has 2 aromatic heterocycles. The lowest BCUT2D eigenvalue weighted by molar-refractivity contribution is -0.141. The molecule has 9 heteroatoms. The van der Waals surface area contributed by atoms with Gasteiger partial charge >= 0.3 is 0 Å². The maximum absolute atomic E-state index is 13.9. The van der Waals surface area contributed by atoms with E-state index in [1.165, 1.54) is 11.3 Å². The maximum atomic E-state index is 13.9. The van der Waals surface area contributed by atoms with E-state index in [0.29, 0.717) is 19.5 Å². The number of nitrogens with one attached hydrogen (secondary N) is 1. The number of ether oxygens (including phenoxy) is 1. The number of thiophene rings is 1. The van der Waals surface area contributed by atoms with Gasteiger partial charge in [0.1, 0.15) is 18.1 Å². The number of carbonyl (C=O) groups excluding carboxylic acids is 2. The van der Waals surface area contributed by atoms with Gasteiger partial charge in [-0.25, -0.2) is 4.68 Å². The number of benzene rings is 2. The zero-order valence-corrected chi connectivity index (χ0v) is 21.7. The number of hydrogen-bond donors (Lipinski definition) is 1. The molecule has 2 amide bonds. The van der Waals surface area contributed by atoms with E-state index in [1.54, 1.807) is 9.58 Å². The van der Waals surface area contributed by atoms with Crippen LogP contribution < -0.4 is 5.32 Å². The summed E-state index contributed by atoms with van der Waals surface area (Å²) >= 11 is 1.50. The Morgan fingerprint density at radius 3 is 2.73 bits per heavy atom. The first kappa shape index (κ1) is 25.1. The largest absolute Gasteiger partial charge is 0.376 e. The van der Waals surface area contributed by atoms with Crippen molar-refractivity contribution >= 4 is 34.2 Å². The second-order valence-corrected chi connectivity index (χ2v) is 10.3. The van der Waals surface area contributed by atoms with Crippen LogP contribution in [0, 0.1) is 6.92 Å². The normalized spacial score (nSPS) is 16.1. The van der Waals surface area contributed by atoms with E-state index in [1.807, 2.05) is 73.0 Å². The van der Waals surface area contributed by atoms with Crippen LogP contribution in [0.1, 0.15) is 34.9 Å². The first-order chi connectivity index (χ1) is 18.1. The first-order valence-electron chi connectivity index (χ1n) is 12.6. The lowest BCUT2D eigenvalue weighted by Crippen LogP contribution is -2.47. The molecule has 0 saturated carbocycles. The molecule has 2 aromatic carbocycles. The van der Waals surface area contributed by atoms with Crippen LogP contribution in [0.15, 0.2) is 66.0 Å². The minimum atomic E-state index is -0.743. The summed E-state index contributed by atoms with van der Waals surface area (Å²) in [5.41, 5.74) is 3.61. The predicted molar refractivity (Wildman–Crippen MR) is 143 cm³/mol. The average molecular weight is 518 g/mol. The topological polar surface area (TPSA) is 89.4 Å². The highest BCUT2D eigenvalue weighted by molar-refractivity contribution is 7.10. The molecule has 5 rings (SSSR count). The number of rotatable bonds is 10. The number of carbonyl (C=O) groups is 2. The number of hydrogen-bond acceptors (Lipinski definition) is 6. The zero-order chi connectivity index (χ0) is 25.6. The average Bonchev–Trinajstić information content (AvgIpc) is 3.68. The second-order valence-electron chi connectivity index (χ2n) is 9.31. The van der Waals surface area contributed by atoms with Gasteiger partial charge in [0.05, 0.1) is 11.6 Å². The summed E-state index contributed by atoms with van der Waals surface area (Å²) in [6.45, 7) is 3.53. The van der Waals surface area contributed by atoms with Gasteiger partial charge in [-0.1, -0.05) is 47.7 Å². The number of fused-ring (bicyclic) bond motifs is 1. The van der Waals surface area contributed by atoms with Gasteiger partial charge in [-0.15, -0.1) is 16.4 Å². The fraction of sp³-hybridized carbons (Fsp3) is 0.357. The molecule has 37 heavy (non-hydrogen) atoms. The third-order valence-electron chi connectivity index (χ3n) is 6.75. The van der Waals surface area contributed by atoms with Crippen LogP contribution in [-0.2, 0) is 27.3 Å². The highest BCUT2D eigenvalue weighted by atomic mass is 32.1. The van der Waals surface area contributed by atoms with E-state index in [9.17, 15) is 9.59 Å². The van der Waals surface area contributed by atoms with Crippen molar-refractivity contribution in [1.29, 1.82) is 0 Å². The molecule has 0 radical (unpaired) electrons. The lowest BCUT2D eigenvalue weighted by Gasteiger charge is -2.31. The highest BCUT2D eigenvalue weighted by Crippen LogP contribution is 2.30. The standard InChI is InChI=1S/C28H31N5O3S/c1-20-14-17-37-27(20)26(28(35)29-18-22-10-7-16-36-22)32(15-13-21-8-3-2-4-9-21)25(34)19-33-24-12-6-5-11-23(24)30-31-33/h2-6,8-9,11-12,14,17,22,26H,7,10,13,15-16,18-19H2,1H3,(H,29,35)/t22-,26+/m0/s1. The molecule has 1 aliphatic heterocycles. The molecular weight excluding hydrogens is 486 g/mol. The molecule has 192 valence electrons. The zero-order valence-electron chi connectivity index (χ0n) is 20.9. The molecule has 0 unspecified atom stereocenters. The van der Waals surface area contributed by atoms with Gasteiger partial charge in [-0.3, -0.25) is 9.59 Å². The Morgan fingerprint density at radius 1 is 1.16 bits per heavy atom. The van der Waals surface area contributed by atoms with Gasteiger partial charge in [0.15, 0.2) is 0 Å². The lowest BCUT2D eigenvalue weighted by atomic mass is 10.1. The van der Waals surface area contributed by atoms with E-state index in [4.69, 9.17) is 4.74 Å². The van der Waals surface area contributed by atoms with Crippen molar-refractivity contribution in [2.75, 3.05) is 19.7 Å². The van der Waals surface area contributed by atoms with E-state index < -0.39 is 6.04 Å². The van der Waals surface area contributed by atoms with Crippen molar-refractivity contribution in [3.05, 3.63) is 82.0 Å². The Hall–Kier alpha value is -3.56. The Labute approximate surface area is 220 Å². The van der Waals surface area contributed by atoms with Crippen molar-refractivity contribution in [1.82, 2.24) is 25.2 Å². The summed E-state index contributed by atoms with van der Waals surface area (Å²) < 4.78 is 7.32. The quantitative estimate of drug-likeness (QED) is 0.345. The van der Waals surface area contributed by atoms with E-state index in [0.717, 1.165) is 46.5 Å². The molecule has 0 bridgehead atoms. The van der Waals surface area contributed by atoms with Crippen LogP contribution in [0.3, 0.4) is 0 Å². The molecule has 1 aliphatic rings. The number of nitrogens with zero attached hydrogens (tertiary/aromatic N) is 4. The number of para-hydroxylation sites is 1. The summed E-state index contributed by atoms with van der Waals surface area (Å²) in [6.07, 6.45) is 2.58. The van der Waals surface area contributed by atoms with E-state index in [2.05, 4.69) is 15.6 Å². The fourth-order valence-electron chi connectivity index (χ4n) is 4.73. The van der Waals surface area contributed by atoms with Gasteiger partial charge in [0.2, 0.25) is 11.8 Å². The fourth-order valence-corrected chi connectivity index (χ4v) is 5.76. The summed E-state index contributed by atoms with van der Waals surface area (Å²) in [6, 6.07) is 18.8. The molecule has 1 saturated heterocycles. The molecular formula is C28H31N5O3S. The van der Waals surface area contributed by atoms with Crippen LogP contribution in [0.5, 0.6) is 0 Å². The SMILES string of the molecule is Cc1ccsc1[C@H](C(=O)NC[C@@H]1CCCO1)N(CCc1ccccc1)C(=O)Cn1nnc2ccccc21. The maximum Gasteiger partial charge on any atom is 0.248 e. The molecule has 1 N–H and O–H groups in total. The van der Waals surface area contributed by atoms with Crippen LogP contribution in [0.4, 0.5) is 0 Å². The van der Waals surface area contributed by atoms with E-state index >= 15 is 0 Å². The van der Waals surface area contributed by atoms with Gasteiger partial charge in [-0.2, -0.15) is 0 Å².